The summed E-state index contributed by atoms with van der Waals surface area (Å²) in [6.07, 6.45) is 3.69. The molecular formula is C20H24N4O3S. The van der Waals surface area contributed by atoms with E-state index in [1.165, 1.54) is 11.3 Å². The van der Waals surface area contributed by atoms with Gasteiger partial charge in [-0.3, -0.25) is 9.48 Å². The van der Waals surface area contributed by atoms with Crippen LogP contribution in [0.25, 0.3) is 0 Å². The van der Waals surface area contributed by atoms with Crippen LogP contribution < -0.4 is 9.47 Å². The fraction of sp³-hybridized carbons (Fsp3) is 0.350. The maximum absolute atomic E-state index is 13.1. The van der Waals surface area contributed by atoms with Gasteiger partial charge in [-0.25, -0.2) is 4.98 Å². The van der Waals surface area contributed by atoms with Gasteiger partial charge in [0.15, 0.2) is 11.5 Å². The number of nitrogens with zero attached hydrogens (tertiary/aromatic N) is 4. The number of rotatable bonds is 8. The van der Waals surface area contributed by atoms with Crippen molar-refractivity contribution in [2.24, 2.45) is 7.05 Å². The fourth-order valence-corrected chi connectivity index (χ4v) is 3.33. The van der Waals surface area contributed by atoms with Crippen LogP contribution in [0, 0.1) is 0 Å². The van der Waals surface area contributed by atoms with Gasteiger partial charge in [0.1, 0.15) is 6.61 Å². The molecule has 7 nitrogen and oxygen atoms in total. The molecule has 3 rings (SSSR count). The van der Waals surface area contributed by atoms with Gasteiger partial charge >= 0.3 is 0 Å². The van der Waals surface area contributed by atoms with Crippen molar-refractivity contribution in [1.29, 1.82) is 0 Å². The molecule has 0 aliphatic carbocycles. The van der Waals surface area contributed by atoms with Gasteiger partial charge < -0.3 is 14.4 Å². The lowest BCUT2D eigenvalue weighted by Gasteiger charge is -2.26. The maximum Gasteiger partial charge on any atom is 0.254 e. The Balaban J connectivity index is 1.77. The lowest BCUT2D eigenvalue weighted by molar-refractivity contribution is 0.0690. The molecule has 28 heavy (non-hydrogen) atoms. The third-order valence-corrected chi connectivity index (χ3v) is 4.90. The molecule has 2 aromatic heterocycles. The minimum atomic E-state index is -0.0665. The third kappa shape index (κ3) is 4.69. The molecule has 0 saturated carbocycles. The Labute approximate surface area is 168 Å². The Bertz CT molecular complexity index is 921. The lowest BCUT2D eigenvalue weighted by Crippen LogP contribution is -2.36. The molecule has 0 spiro atoms. The van der Waals surface area contributed by atoms with Gasteiger partial charge in [-0.15, -0.1) is 11.3 Å². The molecule has 0 aliphatic heterocycles. The van der Waals surface area contributed by atoms with Crippen LogP contribution in [-0.4, -0.2) is 38.7 Å². The zero-order valence-corrected chi connectivity index (χ0v) is 17.3. The van der Waals surface area contributed by atoms with E-state index in [-0.39, 0.29) is 11.9 Å². The molecule has 8 heteroatoms. The SMILES string of the molecule is COc1cc(C(=O)N(Cc2cnn(C)c2)C(C)C)ccc1OCc1cscn1. The van der Waals surface area contributed by atoms with Gasteiger partial charge in [0.2, 0.25) is 0 Å². The number of hydrogen-bond acceptors (Lipinski definition) is 6. The maximum atomic E-state index is 13.1. The quantitative estimate of drug-likeness (QED) is 0.579. The molecule has 3 aromatic rings. The van der Waals surface area contributed by atoms with Crippen LogP contribution in [0.3, 0.4) is 0 Å². The van der Waals surface area contributed by atoms with E-state index in [0.717, 1.165) is 11.3 Å². The highest BCUT2D eigenvalue weighted by Gasteiger charge is 2.21. The molecule has 1 aromatic carbocycles. The molecule has 0 aliphatic rings. The van der Waals surface area contributed by atoms with Crippen LogP contribution in [0.15, 0.2) is 41.5 Å². The largest absolute Gasteiger partial charge is 0.493 e. The van der Waals surface area contributed by atoms with Crippen LogP contribution in [0.5, 0.6) is 11.5 Å². The van der Waals surface area contributed by atoms with E-state index in [2.05, 4.69) is 10.1 Å². The van der Waals surface area contributed by atoms with E-state index in [9.17, 15) is 4.79 Å². The van der Waals surface area contributed by atoms with E-state index in [1.54, 1.807) is 41.7 Å². The van der Waals surface area contributed by atoms with Crippen LogP contribution in [0.4, 0.5) is 0 Å². The monoisotopic (exact) mass is 400 g/mol. The molecule has 0 radical (unpaired) electrons. The Hall–Kier alpha value is -2.87. The van der Waals surface area contributed by atoms with Crippen molar-refractivity contribution in [3.05, 3.63) is 58.3 Å². The number of thiazole rings is 1. The van der Waals surface area contributed by atoms with Gasteiger partial charge in [-0.2, -0.15) is 5.10 Å². The number of ether oxygens (including phenoxy) is 2. The van der Waals surface area contributed by atoms with Gasteiger partial charge in [-0.1, -0.05) is 0 Å². The first-order chi connectivity index (χ1) is 13.5. The highest BCUT2D eigenvalue weighted by molar-refractivity contribution is 7.07. The second kappa shape index (κ2) is 8.88. The summed E-state index contributed by atoms with van der Waals surface area (Å²) in [6, 6.07) is 5.29. The van der Waals surface area contributed by atoms with E-state index >= 15 is 0 Å². The number of carbonyl (C=O) groups is 1. The molecule has 0 unspecified atom stereocenters. The normalized spacial score (nSPS) is 10.9. The molecule has 1 amide bonds. The summed E-state index contributed by atoms with van der Waals surface area (Å²) in [5, 5.41) is 6.11. The smallest absolute Gasteiger partial charge is 0.254 e. The number of aromatic nitrogens is 3. The van der Waals surface area contributed by atoms with Crippen molar-refractivity contribution in [2.75, 3.05) is 7.11 Å². The minimum Gasteiger partial charge on any atom is -0.493 e. The van der Waals surface area contributed by atoms with Crippen LogP contribution in [0.2, 0.25) is 0 Å². The van der Waals surface area contributed by atoms with Gasteiger partial charge in [0.05, 0.1) is 24.5 Å². The second-order valence-corrected chi connectivity index (χ2v) is 7.40. The molecule has 2 heterocycles. The molecule has 0 fully saturated rings. The summed E-state index contributed by atoms with van der Waals surface area (Å²) in [7, 11) is 3.43. The summed E-state index contributed by atoms with van der Waals surface area (Å²) in [5.74, 6) is 1.03. The van der Waals surface area contributed by atoms with Gasteiger partial charge in [0, 0.05) is 42.3 Å². The van der Waals surface area contributed by atoms with E-state index in [4.69, 9.17) is 9.47 Å². The van der Waals surface area contributed by atoms with E-state index in [0.29, 0.717) is 30.2 Å². The first-order valence-electron chi connectivity index (χ1n) is 8.94. The third-order valence-electron chi connectivity index (χ3n) is 4.27. The first-order valence-corrected chi connectivity index (χ1v) is 9.88. The topological polar surface area (TPSA) is 69.5 Å². The molecule has 148 valence electrons. The van der Waals surface area contributed by atoms with Gasteiger partial charge in [-0.05, 0) is 32.0 Å². The lowest BCUT2D eigenvalue weighted by atomic mass is 10.1. The molecule has 0 bridgehead atoms. The second-order valence-electron chi connectivity index (χ2n) is 6.68. The van der Waals surface area contributed by atoms with Crippen LogP contribution in [0.1, 0.15) is 35.5 Å². The van der Waals surface area contributed by atoms with Crippen molar-refractivity contribution < 1.29 is 14.3 Å². The summed E-state index contributed by atoms with van der Waals surface area (Å²) in [6.45, 7) is 4.84. The van der Waals surface area contributed by atoms with Crippen molar-refractivity contribution in [1.82, 2.24) is 19.7 Å². The number of aryl methyl sites for hydroxylation is 1. The van der Waals surface area contributed by atoms with Crippen LogP contribution >= 0.6 is 11.3 Å². The Morgan fingerprint density at radius 1 is 1.32 bits per heavy atom. The Morgan fingerprint density at radius 3 is 2.75 bits per heavy atom. The predicted octanol–water partition coefficient (Wildman–Crippen LogP) is 3.52. The zero-order chi connectivity index (χ0) is 20.1. The number of hydrogen-bond donors (Lipinski definition) is 0. The van der Waals surface area contributed by atoms with Crippen LogP contribution in [-0.2, 0) is 20.2 Å². The predicted molar refractivity (Wildman–Crippen MR) is 108 cm³/mol. The Kier molecular flexibility index (Phi) is 6.30. The summed E-state index contributed by atoms with van der Waals surface area (Å²) in [5.41, 5.74) is 4.16. The zero-order valence-electron chi connectivity index (χ0n) is 16.5. The fourth-order valence-electron chi connectivity index (χ4n) is 2.79. The standard InChI is InChI=1S/C20H24N4O3S/c1-14(2)24(10-15-8-22-23(3)9-15)20(25)16-5-6-18(19(7-16)26-4)27-11-17-12-28-13-21-17/h5-9,12-14H,10-11H2,1-4H3. The summed E-state index contributed by atoms with van der Waals surface area (Å²) >= 11 is 1.52. The highest BCUT2D eigenvalue weighted by atomic mass is 32.1. The number of carbonyl (C=O) groups excluding carboxylic acids is 1. The summed E-state index contributed by atoms with van der Waals surface area (Å²) < 4.78 is 13.0. The molecule has 0 saturated heterocycles. The average molecular weight is 401 g/mol. The van der Waals surface area contributed by atoms with Crippen molar-refractivity contribution >= 4 is 17.2 Å². The number of amides is 1. The molecule has 0 N–H and O–H groups in total. The van der Waals surface area contributed by atoms with Crippen molar-refractivity contribution in [3.63, 3.8) is 0 Å². The van der Waals surface area contributed by atoms with Crippen molar-refractivity contribution in [3.8, 4) is 11.5 Å². The summed E-state index contributed by atoms with van der Waals surface area (Å²) in [4.78, 5) is 19.1. The Morgan fingerprint density at radius 2 is 2.14 bits per heavy atom. The number of methoxy groups -OCH3 is 1. The van der Waals surface area contributed by atoms with E-state index < -0.39 is 0 Å². The van der Waals surface area contributed by atoms with Gasteiger partial charge in [0.25, 0.3) is 5.91 Å². The number of benzene rings is 1. The molecule has 0 atom stereocenters. The molecular weight excluding hydrogens is 376 g/mol. The first kappa shape index (κ1) is 19.9. The highest BCUT2D eigenvalue weighted by Crippen LogP contribution is 2.29. The van der Waals surface area contributed by atoms with Crippen molar-refractivity contribution in [2.45, 2.75) is 33.0 Å². The average Bonchev–Trinajstić information content (AvgIpc) is 3.35. The minimum absolute atomic E-state index is 0.0410. The van der Waals surface area contributed by atoms with E-state index in [1.807, 2.05) is 37.4 Å².